The number of hydrogen-bond donors (Lipinski definition) is 1. The second-order valence-corrected chi connectivity index (χ2v) is 5.95. The molecule has 112 valence electrons. The topological polar surface area (TPSA) is 59.9 Å². The summed E-state index contributed by atoms with van der Waals surface area (Å²) in [5.74, 6) is 0.514. The van der Waals surface area contributed by atoms with Crippen molar-refractivity contribution < 1.29 is 4.74 Å². The van der Waals surface area contributed by atoms with Gasteiger partial charge in [0, 0.05) is 16.5 Å². The van der Waals surface area contributed by atoms with Crippen LogP contribution < -0.4 is 10.1 Å². The van der Waals surface area contributed by atoms with Crippen molar-refractivity contribution in [2.45, 2.75) is 36.9 Å². The highest BCUT2D eigenvalue weighted by Gasteiger charge is 2.10. The second-order valence-electron chi connectivity index (χ2n) is 4.48. The number of halogens is 1. The number of hydrogen-bond acceptors (Lipinski definition) is 6. The van der Waals surface area contributed by atoms with Gasteiger partial charge in [-0.05, 0) is 56.8 Å². The van der Waals surface area contributed by atoms with Gasteiger partial charge < -0.3 is 10.1 Å². The van der Waals surface area contributed by atoms with E-state index in [0.717, 1.165) is 11.4 Å². The molecule has 1 aromatic carbocycles. The van der Waals surface area contributed by atoms with E-state index in [4.69, 9.17) is 16.3 Å². The predicted octanol–water partition coefficient (Wildman–Crippen LogP) is 3.90. The van der Waals surface area contributed by atoms with E-state index >= 15 is 0 Å². The Morgan fingerprint density at radius 2 is 1.90 bits per heavy atom. The highest BCUT2D eigenvalue weighted by atomic mass is 35.5. The summed E-state index contributed by atoms with van der Waals surface area (Å²) < 4.78 is 5.56. The van der Waals surface area contributed by atoms with E-state index in [9.17, 15) is 0 Å². The minimum Gasteiger partial charge on any atom is -0.461 e. The molecule has 0 saturated carbocycles. The smallest absolute Gasteiger partial charge is 0.322 e. The first kappa shape index (κ1) is 15.9. The lowest BCUT2D eigenvalue weighted by Gasteiger charge is -2.10. The van der Waals surface area contributed by atoms with Crippen molar-refractivity contribution in [1.29, 1.82) is 0 Å². The second kappa shape index (κ2) is 7.47. The summed E-state index contributed by atoms with van der Waals surface area (Å²) in [5, 5.41) is 4.36. The minimum absolute atomic E-state index is 0.00950. The quantitative estimate of drug-likeness (QED) is 0.869. The summed E-state index contributed by atoms with van der Waals surface area (Å²) in [6.45, 7) is 6.58. The van der Waals surface area contributed by atoms with Crippen LogP contribution in [-0.4, -0.2) is 27.6 Å². The molecule has 0 aliphatic carbocycles. The number of nitrogens with zero attached hydrogens (tertiary/aromatic N) is 3. The Labute approximate surface area is 133 Å². The molecule has 0 aliphatic heterocycles. The molecule has 2 aromatic rings. The summed E-state index contributed by atoms with van der Waals surface area (Å²) >= 11 is 7.32. The number of rotatable bonds is 6. The van der Waals surface area contributed by atoms with Crippen molar-refractivity contribution >= 4 is 29.3 Å². The van der Waals surface area contributed by atoms with Gasteiger partial charge in [0.05, 0.1) is 6.10 Å². The number of benzene rings is 1. The van der Waals surface area contributed by atoms with Gasteiger partial charge in [-0.2, -0.15) is 15.0 Å². The van der Waals surface area contributed by atoms with Crippen LogP contribution in [0.1, 0.15) is 20.8 Å². The zero-order valence-corrected chi connectivity index (χ0v) is 13.7. The zero-order valence-electron chi connectivity index (χ0n) is 12.1. The monoisotopic (exact) mass is 324 g/mol. The van der Waals surface area contributed by atoms with E-state index in [-0.39, 0.29) is 6.10 Å². The van der Waals surface area contributed by atoms with E-state index in [1.165, 1.54) is 11.8 Å². The maximum Gasteiger partial charge on any atom is 0.322 e. The van der Waals surface area contributed by atoms with Crippen LogP contribution in [-0.2, 0) is 0 Å². The van der Waals surface area contributed by atoms with E-state index in [1.807, 2.05) is 45.0 Å². The third kappa shape index (κ3) is 5.06. The molecular weight excluding hydrogens is 308 g/mol. The van der Waals surface area contributed by atoms with Crippen molar-refractivity contribution in [2.24, 2.45) is 0 Å². The van der Waals surface area contributed by atoms with Crippen LogP contribution in [0.4, 0.5) is 5.95 Å². The Kier molecular flexibility index (Phi) is 5.64. The lowest BCUT2D eigenvalue weighted by molar-refractivity contribution is 0.219. The molecular formula is C14H17ClN4OS. The van der Waals surface area contributed by atoms with Gasteiger partial charge in [-0.15, -0.1) is 0 Å². The van der Waals surface area contributed by atoms with Crippen LogP contribution in [0.3, 0.4) is 0 Å². The van der Waals surface area contributed by atoms with E-state index in [1.54, 1.807) is 0 Å². The number of nitrogens with one attached hydrogen (secondary N) is 1. The van der Waals surface area contributed by atoms with Crippen molar-refractivity contribution in [2.75, 3.05) is 11.9 Å². The van der Waals surface area contributed by atoms with Crippen molar-refractivity contribution in [1.82, 2.24) is 15.0 Å². The molecule has 0 amide bonds. The summed E-state index contributed by atoms with van der Waals surface area (Å²) in [7, 11) is 0. The first-order valence-corrected chi connectivity index (χ1v) is 7.86. The van der Waals surface area contributed by atoms with Crippen LogP contribution in [0.15, 0.2) is 34.3 Å². The molecule has 0 fully saturated rings. The molecule has 7 heteroatoms. The van der Waals surface area contributed by atoms with Gasteiger partial charge in [0.1, 0.15) is 0 Å². The van der Waals surface area contributed by atoms with E-state index in [0.29, 0.717) is 22.1 Å². The fourth-order valence-electron chi connectivity index (χ4n) is 1.49. The normalized spacial score (nSPS) is 10.7. The first-order chi connectivity index (χ1) is 10.1. The fraction of sp³-hybridized carbons (Fsp3) is 0.357. The molecule has 0 radical (unpaired) electrons. The molecule has 1 N–H and O–H groups in total. The Hall–Kier alpha value is -1.53. The minimum atomic E-state index is 0.00950. The molecule has 1 aromatic heterocycles. The molecule has 5 nitrogen and oxygen atoms in total. The average Bonchev–Trinajstić information content (AvgIpc) is 2.41. The maximum atomic E-state index is 5.88. The molecule has 0 unspecified atom stereocenters. The molecule has 0 atom stereocenters. The van der Waals surface area contributed by atoms with Gasteiger partial charge in [0.2, 0.25) is 11.1 Å². The molecule has 2 rings (SSSR count). The molecule has 0 aliphatic rings. The lowest BCUT2D eigenvalue weighted by Crippen LogP contribution is -2.11. The Bertz CT molecular complexity index is 592. The third-order valence-electron chi connectivity index (χ3n) is 2.29. The number of anilines is 1. The lowest BCUT2D eigenvalue weighted by atomic mass is 10.4. The van der Waals surface area contributed by atoms with E-state index in [2.05, 4.69) is 20.3 Å². The Morgan fingerprint density at radius 3 is 2.52 bits per heavy atom. The van der Waals surface area contributed by atoms with Crippen LogP contribution in [0, 0.1) is 0 Å². The van der Waals surface area contributed by atoms with Crippen molar-refractivity contribution in [3.05, 3.63) is 29.3 Å². The van der Waals surface area contributed by atoms with Gasteiger partial charge in [-0.3, -0.25) is 0 Å². The zero-order chi connectivity index (χ0) is 15.2. The third-order valence-corrected chi connectivity index (χ3v) is 3.42. The summed E-state index contributed by atoms with van der Waals surface area (Å²) in [6, 6.07) is 7.84. The van der Waals surface area contributed by atoms with Gasteiger partial charge in [-0.1, -0.05) is 11.6 Å². The highest BCUT2D eigenvalue weighted by molar-refractivity contribution is 7.99. The van der Waals surface area contributed by atoms with Crippen LogP contribution in [0.2, 0.25) is 5.02 Å². The van der Waals surface area contributed by atoms with Crippen LogP contribution in [0.5, 0.6) is 6.01 Å². The first-order valence-electron chi connectivity index (χ1n) is 6.67. The summed E-state index contributed by atoms with van der Waals surface area (Å²) in [6.07, 6.45) is 0.00950. The number of aromatic nitrogens is 3. The average molecular weight is 325 g/mol. The number of ether oxygens (including phenoxy) is 1. The molecule has 0 spiro atoms. The van der Waals surface area contributed by atoms with Crippen molar-refractivity contribution in [3.63, 3.8) is 0 Å². The highest BCUT2D eigenvalue weighted by Crippen LogP contribution is 2.27. The molecule has 21 heavy (non-hydrogen) atoms. The van der Waals surface area contributed by atoms with Crippen LogP contribution in [0.25, 0.3) is 0 Å². The Morgan fingerprint density at radius 1 is 1.19 bits per heavy atom. The van der Waals surface area contributed by atoms with Gasteiger partial charge >= 0.3 is 6.01 Å². The van der Waals surface area contributed by atoms with Gasteiger partial charge in [-0.25, -0.2) is 0 Å². The Balaban J connectivity index is 2.24. The van der Waals surface area contributed by atoms with Gasteiger partial charge in [0.25, 0.3) is 0 Å². The summed E-state index contributed by atoms with van der Waals surface area (Å²) in [4.78, 5) is 13.9. The molecule has 0 bridgehead atoms. The van der Waals surface area contributed by atoms with E-state index < -0.39 is 0 Å². The molecule has 1 heterocycles. The fourth-order valence-corrected chi connectivity index (χ4v) is 2.36. The standard InChI is InChI=1S/C14H17ClN4OS/c1-4-16-12-17-13(20-9(2)3)19-14(18-12)21-11-7-5-10(15)6-8-11/h5-9H,4H2,1-3H3,(H,16,17,18,19). The predicted molar refractivity (Wildman–Crippen MR) is 85.3 cm³/mol. The SMILES string of the molecule is CCNc1nc(OC(C)C)nc(Sc2ccc(Cl)cc2)n1. The van der Waals surface area contributed by atoms with Crippen LogP contribution >= 0.6 is 23.4 Å². The van der Waals surface area contributed by atoms with Crippen molar-refractivity contribution in [3.8, 4) is 6.01 Å². The van der Waals surface area contributed by atoms with Gasteiger partial charge in [0.15, 0.2) is 0 Å². The maximum absolute atomic E-state index is 5.88. The largest absolute Gasteiger partial charge is 0.461 e. The molecule has 0 saturated heterocycles. The summed E-state index contributed by atoms with van der Waals surface area (Å²) in [5.41, 5.74) is 0.